The molecule has 2 heterocycles. The molecule has 1 fully saturated rings. The van der Waals surface area contributed by atoms with E-state index in [1.807, 2.05) is 4.90 Å². The molecule has 0 aliphatic carbocycles. The van der Waals surface area contributed by atoms with Crippen LogP contribution in [0.15, 0.2) is 42.6 Å². The first-order valence-corrected chi connectivity index (χ1v) is 8.98. The molecular formula is C20H20F2N4O2. The van der Waals surface area contributed by atoms with Gasteiger partial charge in [0.05, 0.1) is 5.56 Å². The van der Waals surface area contributed by atoms with E-state index in [4.69, 9.17) is 0 Å². The van der Waals surface area contributed by atoms with Crippen molar-refractivity contribution < 1.29 is 18.3 Å². The molecule has 0 spiro atoms. The monoisotopic (exact) mass is 386 g/mol. The molecule has 3 rings (SSSR count). The summed E-state index contributed by atoms with van der Waals surface area (Å²) in [4.78, 5) is 20.6. The maximum absolute atomic E-state index is 12.5. The number of ether oxygens (including phenoxy) is 1. The van der Waals surface area contributed by atoms with Crippen LogP contribution in [0.4, 0.5) is 14.6 Å². The molecule has 1 amide bonds. The fraction of sp³-hybridized carbons (Fsp3) is 0.350. The molecule has 1 saturated heterocycles. The Kier molecular flexibility index (Phi) is 6.37. The number of carbonyl (C=O) groups excluding carboxylic acids is 1. The number of nitriles is 1. The first-order valence-electron chi connectivity index (χ1n) is 8.98. The summed E-state index contributed by atoms with van der Waals surface area (Å²) >= 11 is 0. The van der Waals surface area contributed by atoms with Gasteiger partial charge in [-0.1, -0.05) is 12.1 Å². The smallest absolute Gasteiger partial charge is 0.387 e. The van der Waals surface area contributed by atoms with Crippen LogP contribution < -0.4 is 9.64 Å². The van der Waals surface area contributed by atoms with Crippen molar-refractivity contribution in [2.24, 2.45) is 0 Å². The normalized spacial score (nSPS) is 14.1. The number of halogens is 2. The zero-order valence-corrected chi connectivity index (χ0v) is 15.2. The Balaban J connectivity index is 1.48. The maximum Gasteiger partial charge on any atom is 0.387 e. The van der Waals surface area contributed by atoms with Crippen molar-refractivity contribution in [3.8, 4) is 11.8 Å². The predicted molar refractivity (Wildman–Crippen MR) is 99.1 cm³/mol. The number of anilines is 1. The lowest BCUT2D eigenvalue weighted by Gasteiger charge is -2.35. The summed E-state index contributed by atoms with van der Waals surface area (Å²) in [6, 6.07) is 11.9. The zero-order chi connectivity index (χ0) is 19.9. The number of rotatable bonds is 6. The molecule has 146 valence electrons. The summed E-state index contributed by atoms with van der Waals surface area (Å²) in [6.07, 6.45) is 2.54. The van der Waals surface area contributed by atoms with E-state index in [0.717, 1.165) is 5.56 Å². The SMILES string of the molecule is N#Cc1cccnc1N1CCN(C(=O)CCc2ccc(OC(F)F)cc2)CC1. The van der Waals surface area contributed by atoms with Gasteiger partial charge in [0.1, 0.15) is 17.6 Å². The Labute approximate surface area is 162 Å². The molecule has 0 atom stereocenters. The molecule has 0 unspecified atom stereocenters. The third-order valence-electron chi connectivity index (χ3n) is 4.62. The lowest BCUT2D eigenvalue weighted by molar-refractivity contribution is -0.131. The van der Waals surface area contributed by atoms with Crippen molar-refractivity contribution in [1.82, 2.24) is 9.88 Å². The molecule has 0 saturated carbocycles. The van der Waals surface area contributed by atoms with Crippen molar-refractivity contribution in [2.75, 3.05) is 31.1 Å². The number of carbonyl (C=O) groups is 1. The lowest BCUT2D eigenvalue weighted by Crippen LogP contribution is -2.49. The van der Waals surface area contributed by atoms with Crippen LogP contribution in [0.5, 0.6) is 5.75 Å². The number of alkyl halides is 2. The number of piperazine rings is 1. The number of amides is 1. The predicted octanol–water partition coefficient (Wildman–Crippen LogP) is 2.84. The van der Waals surface area contributed by atoms with Gasteiger partial charge in [-0.3, -0.25) is 4.79 Å². The van der Waals surface area contributed by atoms with E-state index in [0.29, 0.717) is 50.4 Å². The second-order valence-corrected chi connectivity index (χ2v) is 6.38. The second-order valence-electron chi connectivity index (χ2n) is 6.38. The highest BCUT2D eigenvalue weighted by molar-refractivity contribution is 5.76. The van der Waals surface area contributed by atoms with E-state index in [1.54, 1.807) is 35.4 Å². The molecule has 2 aromatic rings. The summed E-state index contributed by atoms with van der Waals surface area (Å²) in [5, 5.41) is 9.20. The van der Waals surface area contributed by atoms with Gasteiger partial charge < -0.3 is 14.5 Å². The minimum atomic E-state index is -2.85. The third kappa shape index (κ3) is 4.94. The largest absolute Gasteiger partial charge is 0.435 e. The maximum atomic E-state index is 12.5. The van der Waals surface area contributed by atoms with Gasteiger partial charge in [0, 0.05) is 38.8 Å². The molecule has 1 aliphatic rings. The Morgan fingerprint density at radius 1 is 1.18 bits per heavy atom. The van der Waals surface area contributed by atoms with Crippen molar-refractivity contribution in [3.05, 3.63) is 53.7 Å². The van der Waals surface area contributed by atoms with E-state index in [9.17, 15) is 18.8 Å². The van der Waals surface area contributed by atoms with Crippen LogP contribution in [-0.2, 0) is 11.2 Å². The number of aryl methyl sites for hydroxylation is 1. The topological polar surface area (TPSA) is 69.5 Å². The number of hydrogen-bond donors (Lipinski definition) is 0. The van der Waals surface area contributed by atoms with Gasteiger partial charge in [-0.15, -0.1) is 0 Å². The standard InChI is InChI=1S/C20H20F2N4O2/c21-20(22)28-17-6-3-15(4-7-17)5-8-18(27)25-10-12-26(13-11-25)19-16(14-23)2-1-9-24-19/h1-4,6-7,9,20H,5,8,10-13H2. The van der Waals surface area contributed by atoms with Gasteiger partial charge in [0.2, 0.25) is 5.91 Å². The summed E-state index contributed by atoms with van der Waals surface area (Å²) < 4.78 is 28.6. The average Bonchev–Trinajstić information content (AvgIpc) is 2.72. The van der Waals surface area contributed by atoms with Crippen LogP contribution in [0.25, 0.3) is 0 Å². The van der Waals surface area contributed by atoms with Crippen molar-refractivity contribution in [1.29, 1.82) is 5.26 Å². The van der Waals surface area contributed by atoms with E-state index >= 15 is 0 Å². The Hall–Kier alpha value is -3.21. The highest BCUT2D eigenvalue weighted by Gasteiger charge is 2.23. The van der Waals surface area contributed by atoms with Crippen molar-refractivity contribution >= 4 is 11.7 Å². The summed E-state index contributed by atoms with van der Waals surface area (Å²) in [6.45, 7) is -0.460. The molecule has 1 aromatic heterocycles. The van der Waals surface area contributed by atoms with Gasteiger partial charge in [-0.25, -0.2) is 4.98 Å². The fourth-order valence-corrected chi connectivity index (χ4v) is 3.15. The number of pyridine rings is 1. The van der Waals surface area contributed by atoms with Crippen molar-refractivity contribution in [3.63, 3.8) is 0 Å². The second kappa shape index (κ2) is 9.13. The number of benzene rings is 1. The Morgan fingerprint density at radius 2 is 1.89 bits per heavy atom. The van der Waals surface area contributed by atoms with Crippen LogP contribution in [0.1, 0.15) is 17.5 Å². The highest BCUT2D eigenvalue weighted by Crippen LogP contribution is 2.19. The quantitative estimate of drug-likeness (QED) is 0.764. The zero-order valence-electron chi connectivity index (χ0n) is 15.2. The lowest BCUT2D eigenvalue weighted by atomic mass is 10.1. The molecular weight excluding hydrogens is 366 g/mol. The van der Waals surface area contributed by atoms with Gasteiger partial charge in [0.15, 0.2) is 0 Å². The van der Waals surface area contributed by atoms with Crippen LogP contribution in [0.2, 0.25) is 0 Å². The van der Waals surface area contributed by atoms with E-state index in [1.165, 1.54) is 12.1 Å². The van der Waals surface area contributed by atoms with E-state index in [-0.39, 0.29) is 11.7 Å². The molecule has 1 aromatic carbocycles. The summed E-state index contributed by atoms with van der Waals surface area (Å²) in [5.74, 6) is 0.810. The van der Waals surface area contributed by atoms with Gasteiger partial charge in [0.25, 0.3) is 0 Å². The molecule has 0 radical (unpaired) electrons. The molecule has 8 heteroatoms. The van der Waals surface area contributed by atoms with Crippen molar-refractivity contribution in [2.45, 2.75) is 19.5 Å². The fourth-order valence-electron chi connectivity index (χ4n) is 3.15. The minimum Gasteiger partial charge on any atom is -0.435 e. The van der Waals surface area contributed by atoms with Crippen LogP contribution >= 0.6 is 0 Å². The summed E-state index contributed by atoms with van der Waals surface area (Å²) in [7, 11) is 0. The van der Waals surface area contributed by atoms with E-state index in [2.05, 4.69) is 15.8 Å². The first-order chi connectivity index (χ1) is 13.6. The molecule has 28 heavy (non-hydrogen) atoms. The van der Waals surface area contributed by atoms with Gasteiger partial charge in [-0.2, -0.15) is 14.0 Å². The number of hydrogen-bond acceptors (Lipinski definition) is 5. The molecule has 6 nitrogen and oxygen atoms in total. The molecule has 1 aliphatic heterocycles. The van der Waals surface area contributed by atoms with Crippen LogP contribution in [0.3, 0.4) is 0 Å². The number of aromatic nitrogens is 1. The number of nitrogens with zero attached hydrogens (tertiary/aromatic N) is 4. The molecule has 0 N–H and O–H groups in total. The average molecular weight is 386 g/mol. The van der Waals surface area contributed by atoms with E-state index < -0.39 is 6.61 Å². The Bertz CT molecular complexity index is 844. The minimum absolute atomic E-state index is 0.0501. The highest BCUT2D eigenvalue weighted by atomic mass is 19.3. The van der Waals surface area contributed by atoms with Gasteiger partial charge in [-0.05, 0) is 36.2 Å². The third-order valence-corrected chi connectivity index (χ3v) is 4.62. The Morgan fingerprint density at radius 3 is 2.54 bits per heavy atom. The van der Waals surface area contributed by atoms with Crippen LogP contribution in [0, 0.1) is 11.3 Å². The first kappa shape index (κ1) is 19.5. The van der Waals surface area contributed by atoms with Gasteiger partial charge >= 0.3 is 6.61 Å². The summed E-state index contributed by atoms with van der Waals surface area (Å²) in [5.41, 5.74) is 1.42. The van der Waals surface area contributed by atoms with Crippen LogP contribution in [-0.4, -0.2) is 48.6 Å². The molecule has 0 bridgehead atoms.